The second-order valence-electron chi connectivity index (χ2n) is 7.00. The molecule has 0 radical (unpaired) electrons. The third-order valence-corrected chi connectivity index (χ3v) is 4.03. The number of carbonyl (C=O) groups is 2. The molecule has 6 nitrogen and oxygen atoms in total. The van der Waals surface area contributed by atoms with Gasteiger partial charge in [0, 0.05) is 13.1 Å². The van der Waals surface area contributed by atoms with Crippen molar-refractivity contribution >= 4 is 12.0 Å². The highest BCUT2D eigenvalue weighted by atomic mass is 16.6. The van der Waals surface area contributed by atoms with Crippen LogP contribution in [0.1, 0.15) is 53.9 Å². The van der Waals surface area contributed by atoms with Crippen molar-refractivity contribution in [2.45, 2.75) is 65.5 Å². The van der Waals surface area contributed by atoms with E-state index < -0.39 is 17.7 Å². The fraction of sp³-hybridized carbons (Fsp3) is 0.882. The van der Waals surface area contributed by atoms with Crippen LogP contribution in [0.3, 0.4) is 0 Å². The zero-order valence-corrected chi connectivity index (χ0v) is 15.4. The van der Waals surface area contributed by atoms with E-state index >= 15 is 0 Å². The summed E-state index contributed by atoms with van der Waals surface area (Å²) in [6, 6.07) is -0.390. The third kappa shape index (κ3) is 6.77. The Labute approximate surface area is 140 Å². The molecule has 1 unspecified atom stereocenters. The molecule has 0 aliphatic carbocycles. The maximum Gasteiger partial charge on any atom is 0.410 e. The van der Waals surface area contributed by atoms with E-state index in [4.69, 9.17) is 4.74 Å². The molecular formula is C17H33N3O3. The fourth-order valence-electron chi connectivity index (χ4n) is 2.75. The summed E-state index contributed by atoms with van der Waals surface area (Å²) in [6.07, 6.45) is 2.09. The number of ether oxygens (including phenoxy) is 1. The van der Waals surface area contributed by atoms with E-state index in [9.17, 15) is 9.59 Å². The van der Waals surface area contributed by atoms with Crippen molar-refractivity contribution in [3.63, 3.8) is 0 Å². The predicted molar refractivity (Wildman–Crippen MR) is 91.4 cm³/mol. The quantitative estimate of drug-likeness (QED) is 0.729. The molecule has 0 saturated carbocycles. The Kier molecular flexibility index (Phi) is 7.82. The summed E-state index contributed by atoms with van der Waals surface area (Å²) in [5.74, 6) is -0.0621. The first kappa shape index (κ1) is 19.7. The van der Waals surface area contributed by atoms with Gasteiger partial charge in [-0.2, -0.15) is 0 Å². The zero-order chi connectivity index (χ0) is 17.5. The number of amides is 2. The summed E-state index contributed by atoms with van der Waals surface area (Å²) in [7, 11) is 0. The number of hydrogen-bond donors (Lipinski definition) is 1. The molecule has 1 atom stereocenters. The van der Waals surface area contributed by atoms with Gasteiger partial charge in [-0.1, -0.05) is 13.8 Å². The van der Waals surface area contributed by atoms with E-state index in [1.807, 2.05) is 20.8 Å². The van der Waals surface area contributed by atoms with Gasteiger partial charge in [0.25, 0.3) is 0 Å². The molecule has 1 saturated heterocycles. The normalized spacial score (nSPS) is 18.3. The second kappa shape index (κ2) is 9.11. The SMILES string of the molecule is CCN(CC)CCCNC(=O)C1CCCN1C(=O)OC(C)(C)C. The van der Waals surface area contributed by atoms with Crippen molar-refractivity contribution in [3.8, 4) is 0 Å². The van der Waals surface area contributed by atoms with Crippen molar-refractivity contribution in [3.05, 3.63) is 0 Å². The molecule has 0 aromatic rings. The molecule has 1 heterocycles. The van der Waals surface area contributed by atoms with Crippen LogP contribution < -0.4 is 5.32 Å². The van der Waals surface area contributed by atoms with Gasteiger partial charge in [-0.3, -0.25) is 9.69 Å². The van der Waals surface area contributed by atoms with Crippen molar-refractivity contribution < 1.29 is 14.3 Å². The van der Waals surface area contributed by atoms with Crippen molar-refractivity contribution in [1.82, 2.24) is 15.1 Å². The molecule has 1 aliphatic heterocycles. The van der Waals surface area contributed by atoms with Crippen LogP contribution in [0.25, 0.3) is 0 Å². The average Bonchev–Trinajstić information content (AvgIpc) is 2.95. The minimum atomic E-state index is -0.537. The van der Waals surface area contributed by atoms with E-state index in [1.165, 1.54) is 0 Å². The monoisotopic (exact) mass is 327 g/mol. The molecule has 1 aliphatic rings. The summed E-state index contributed by atoms with van der Waals surface area (Å²) in [5.41, 5.74) is -0.537. The van der Waals surface area contributed by atoms with Gasteiger partial charge >= 0.3 is 6.09 Å². The number of nitrogens with zero attached hydrogens (tertiary/aromatic N) is 2. The Morgan fingerprint density at radius 3 is 2.48 bits per heavy atom. The van der Waals surface area contributed by atoms with E-state index in [1.54, 1.807) is 4.90 Å². The average molecular weight is 327 g/mol. The van der Waals surface area contributed by atoms with Crippen LogP contribution in [0.4, 0.5) is 4.79 Å². The molecule has 1 fully saturated rings. The maximum absolute atomic E-state index is 12.3. The van der Waals surface area contributed by atoms with Gasteiger partial charge in [0.2, 0.25) is 5.91 Å². The topological polar surface area (TPSA) is 61.9 Å². The lowest BCUT2D eigenvalue weighted by atomic mass is 10.2. The fourth-order valence-corrected chi connectivity index (χ4v) is 2.75. The lowest BCUT2D eigenvalue weighted by Gasteiger charge is -2.28. The van der Waals surface area contributed by atoms with Crippen LogP contribution in [0, 0.1) is 0 Å². The Hall–Kier alpha value is -1.30. The highest BCUT2D eigenvalue weighted by molar-refractivity contribution is 5.86. The third-order valence-electron chi connectivity index (χ3n) is 4.03. The highest BCUT2D eigenvalue weighted by Crippen LogP contribution is 2.20. The lowest BCUT2D eigenvalue weighted by molar-refractivity contribution is -0.125. The molecule has 0 aromatic carbocycles. The maximum atomic E-state index is 12.3. The minimum absolute atomic E-state index is 0.0621. The number of hydrogen-bond acceptors (Lipinski definition) is 4. The first-order chi connectivity index (χ1) is 10.8. The molecule has 1 rings (SSSR count). The number of rotatable bonds is 7. The Morgan fingerprint density at radius 2 is 1.91 bits per heavy atom. The van der Waals surface area contributed by atoms with E-state index in [0.717, 1.165) is 32.5 Å². The van der Waals surface area contributed by atoms with Gasteiger partial charge in [-0.25, -0.2) is 4.79 Å². The van der Waals surface area contributed by atoms with Crippen LogP contribution in [0.2, 0.25) is 0 Å². The molecule has 0 spiro atoms. The summed E-state index contributed by atoms with van der Waals surface area (Å²) in [6.45, 7) is 14.1. The number of carbonyl (C=O) groups excluding carboxylic acids is 2. The molecule has 6 heteroatoms. The van der Waals surface area contributed by atoms with Crippen LogP contribution >= 0.6 is 0 Å². The van der Waals surface area contributed by atoms with Gasteiger partial charge in [-0.15, -0.1) is 0 Å². The lowest BCUT2D eigenvalue weighted by Crippen LogP contribution is -2.47. The van der Waals surface area contributed by atoms with Crippen LogP contribution in [-0.2, 0) is 9.53 Å². The Bertz CT molecular complexity index is 389. The Balaban J connectivity index is 2.41. The largest absolute Gasteiger partial charge is 0.444 e. The zero-order valence-electron chi connectivity index (χ0n) is 15.4. The summed E-state index contributed by atoms with van der Waals surface area (Å²) >= 11 is 0. The van der Waals surface area contributed by atoms with Crippen molar-refractivity contribution in [2.24, 2.45) is 0 Å². The molecule has 0 bridgehead atoms. The van der Waals surface area contributed by atoms with Gasteiger partial charge in [0.05, 0.1) is 0 Å². The van der Waals surface area contributed by atoms with Crippen molar-refractivity contribution in [1.29, 1.82) is 0 Å². The summed E-state index contributed by atoms with van der Waals surface area (Å²) in [4.78, 5) is 28.4. The van der Waals surface area contributed by atoms with E-state index in [2.05, 4.69) is 24.1 Å². The number of nitrogens with one attached hydrogen (secondary N) is 1. The summed E-state index contributed by atoms with van der Waals surface area (Å²) < 4.78 is 5.39. The highest BCUT2D eigenvalue weighted by Gasteiger charge is 2.36. The van der Waals surface area contributed by atoms with E-state index in [0.29, 0.717) is 19.5 Å². The Morgan fingerprint density at radius 1 is 1.26 bits per heavy atom. The van der Waals surface area contributed by atoms with Crippen molar-refractivity contribution in [2.75, 3.05) is 32.7 Å². The second-order valence-corrected chi connectivity index (χ2v) is 7.00. The molecule has 1 N–H and O–H groups in total. The first-order valence-corrected chi connectivity index (χ1v) is 8.78. The standard InChI is InChI=1S/C17H33N3O3/c1-6-19(7-2)12-9-11-18-15(21)14-10-8-13-20(14)16(22)23-17(3,4)5/h14H,6-13H2,1-5H3,(H,18,21). The number of likely N-dealkylation sites (tertiary alicyclic amines) is 1. The van der Waals surface area contributed by atoms with Crippen LogP contribution in [0.5, 0.6) is 0 Å². The van der Waals surface area contributed by atoms with Gasteiger partial charge in [0.15, 0.2) is 0 Å². The molecule has 134 valence electrons. The van der Waals surface area contributed by atoms with E-state index in [-0.39, 0.29) is 5.91 Å². The molecule has 23 heavy (non-hydrogen) atoms. The van der Waals surface area contributed by atoms with Gasteiger partial charge in [-0.05, 0) is 59.7 Å². The van der Waals surface area contributed by atoms with Crippen LogP contribution in [0.15, 0.2) is 0 Å². The first-order valence-electron chi connectivity index (χ1n) is 8.78. The molecule has 2 amide bonds. The minimum Gasteiger partial charge on any atom is -0.444 e. The molecule has 0 aromatic heterocycles. The molecular weight excluding hydrogens is 294 g/mol. The van der Waals surface area contributed by atoms with Gasteiger partial charge < -0.3 is 15.0 Å². The predicted octanol–water partition coefficient (Wildman–Crippen LogP) is 2.23. The van der Waals surface area contributed by atoms with Gasteiger partial charge in [0.1, 0.15) is 11.6 Å². The summed E-state index contributed by atoms with van der Waals surface area (Å²) in [5, 5.41) is 2.96. The van der Waals surface area contributed by atoms with Crippen LogP contribution in [-0.4, -0.2) is 66.2 Å². The smallest absolute Gasteiger partial charge is 0.410 e.